The monoisotopic (exact) mass is 984 g/mol. The van der Waals surface area contributed by atoms with Crippen LogP contribution in [-0.2, 0) is 32.7 Å². The van der Waals surface area contributed by atoms with Crippen molar-refractivity contribution in [3.05, 3.63) is 97.2 Å². The maximum absolute atomic E-state index is 12.6. The third-order valence-corrected chi connectivity index (χ3v) is 12.5. The van der Waals surface area contributed by atoms with Crippen LogP contribution >= 0.6 is 7.82 Å². The first-order valence-electron chi connectivity index (χ1n) is 27.7. The first kappa shape index (κ1) is 65.9. The molecule has 10 heteroatoms. The van der Waals surface area contributed by atoms with Gasteiger partial charge < -0.3 is 20.1 Å². The zero-order chi connectivity index (χ0) is 50.2. The van der Waals surface area contributed by atoms with Crippen LogP contribution in [0.2, 0.25) is 0 Å². The molecule has 0 rings (SSSR count). The van der Waals surface area contributed by atoms with Gasteiger partial charge in [0, 0.05) is 19.4 Å². The molecular weight excluding hydrogens is 882 g/mol. The average molecular weight is 984 g/mol. The van der Waals surface area contributed by atoms with E-state index in [0.29, 0.717) is 6.42 Å². The Balaban J connectivity index is 3.84. The summed E-state index contributed by atoms with van der Waals surface area (Å²) in [4.78, 5) is 34.9. The van der Waals surface area contributed by atoms with Crippen molar-refractivity contribution >= 4 is 19.8 Å². The van der Waals surface area contributed by atoms with E-state index in [1.54, 1.807) is 0 Å². The summed E-state index contributed by atoms with van der Waals surface area (Å²) in [6.45, 7) is 3.60. The maximum atomic E-state index is 12.6. The van der Waals surface area contributed by atoms with Gasteiger partial charge in [0.15, 0.2) is 6.10 Å². The number of hydrogen-bond donors (Lipinski definition) is 2. The van der Waals surface area contributed by atoms with E-state index in [2.05, 4.69) is 111 Å². The lowest BCUT2D eigenvalue weighted by Gasteiger charge is -2.19. The number of phosphoric ester groups is 1. The molecule has 0 aromatic carbocycles. The molecule has 9 nitrogen and oxygen atoms in total. The van der Waals surface area contributed by atoms with Gasteiger partial charge in [0.1, 0.15) is 6.61 Å². The minimum Gasteiger partial charge on any atom is -0.462 e. The zero-order valence-electron chi connectivity index (χ0n) is 44.0. The number of esters is 2. The van der Waals surface area contributed by atoms with Crippen LogP contribution in [-0.4, -0.2) is 49.3 Å². The zero-order valence-corrected chi connectivity index (χ0v) is 44.9. The van der Waals surface area contributed by atoms with Gasteiger partial charge in [0.25, 0.3) is 0 Å². The lowest BCUT2D eigenvalue weighted by molar-refractivity contribution is -0.161. The second kappa shape index (κ2) is 54.3. The van der Waals surface area contributed by atoms with Crippen molar-refractivity contribution in [2.75, 3.05) is 26.4 Å². The quantitative estimate of drug-likeness (QED) is 0.0264. The third kappa shape index (κ3) is 54.1. The van der Waals surface area contributed by atoms with Gasteiger partial charge in [0.05, 0.1) is 13.2 Å². The van der Waals surface area contributed by atoms with E-state index in [4.69, 9.17) is 24.3 Å². The normalized spacial score (nSPS) is 13.9. The molecule has 0 aliphatic carbocycles. The largest absolute Gasteiger partial charge is 0.472 e. The lowest BCUT2D eigenvalue weighted by Crippen LogP contribution is -2.29. The van der Waals surface area contributed by atoms with Crippen LogP contribution < -0.4 is 5.73 Å². The molecule has 3 N–H and O–H groups in total. The van der Waals surface area contributed by atoms with Crippen LogP contribution in [0.25, 0.3) is 0 Å². The number of ether oxygens (including phenoxy) is 2. The van der Waals surface area contributed by atoms with Crippen LogP contribution in [0.5, 0.6) is 0 Å². The van der Waals surface area contributed by atoms with Gasteiger partial charge in [-0.25, -0.2) is 4.57 Å². The minimum absolute atomic E-state index is 0.0516. The number of unbranched alkanes of at least 4 members (excludes halogenated alkanes) is 22. The van der Waals surface area contributed by atoms with Crippen molar-refractivity contribution in [3.8, 4) is 0 Å². The van der Waals surface area contributed by atoms with Crippen molar-refractivity contribution in [1.82, 2.24) is 0 Å². The topological polar surface area (TPSA) is 134 Å². The highest BCUT2D eigenvalue weighted by atomic mass is 31.2. The number of phosphoric acid groups is 1. The van der Waals surface area contributed by atoms with Crippen molar-refractivity contribution in [3.63, 3.8) is 0 Å². The Morgan fingerprint density at radius 3 is 1.19 bits per heavy atom. The predicted octanol–water partition coefficient (Wildman–Crippen LogP) is 17.3. The molecule has 0 aliphatic heterocycles. The van der Waals surface area contributed by atoms with E-state index >= 15 is 0 Å². The number of carbonyl (C=O) groups is 2. The summed E-state index contributed by atoms with van der Waals surface area (Å²) >= 11 is 0. The van der Waals surface area contributed by atoms with Gasteiger partial charge in [-0.1, -0.05) is 239 Å². The average Bonchev–Trinajstić information content (AvgIpc) is 3.34. The molecule has 0 saturated heterocycles. The fraction of sp³-hybridized carbons (Fsp3) is 0.695. The Bertz CT molecular complexity index is 1450. The minimum atomic E-state index is -4.38. The lowest BCUT2D eigenvalue weighted by atomic mass is 10.0. The van der Waals surface area contributed by atoms with Crippen LogP contribution in [0, 0.1) is 0 Å². The highest BCUT2D eigenvalue weighted by Gasteiger charge is 2.26. The molecule has 0 saturated carbocycles. The van der Waals surface area contributed by atoms with Crippen molar-refractivity contribution in [1.29, 1.82) is 0 Å². The molecule has 0 spiro atoms. The summed E-state index contributed by atoms with van der Waals surface area (Å²) in [5.41, 5.74) is 5.36. The highest BCUT2D eigenvalue weighted by Crippen LogP contribution is 2.43. The van der Waals surface area contributed by atoms with Crippen molar-refractivity contribution in [2.45, 2.75) is 238 Å². The number of nitrogens with two attached hydrogens (primary N) is 1. The van der Waals surface area contributed by atoms with E-state index in [9.17, 15) is 19.0 Å². The Hall–Kier alpha value is -3.07. The summed E-state index contributed by atoms with van der Waals surface area (Å²) in [6, 6.07) is 0. The molecular formula is C59H102NO8P. The first-order valence-corrected chi connectivity index (χ1v) is 29.2. The molecule has 0 bridgehead atoms. The molecule has 0 heterocycles. The van der Waals surface area contributed by atoms with Crippen LogP contribution in [0.15, 0.2) is 97.2 Å². The van der Waals surface area contributed by atoms with Crippen molar-refractivity contribution < 1.29 is 37.6 Å². The van der Waals surface area contributed by atoms with Gasteiger partial charge in [0.2, 0.25) is 0 Å². The van der Waals surface area contributed by atoms with Crippen LogP contribution in [0.3, 0.4) is 0 Å². The van der Waals surface area contributed by atoms with Gasteiger partial charge in [-0.3, -0.25) is 18.6 Å². The third-order valence-electron chi connectivity index (χ3n) is 11.5. The number of rotatable bonds is 51. The Kier molecular flexibility index (Phi) is 51.9. The molecule has 0 fully saturated rings. The molecule has 0 radical (unpaired) electrons. The molecule has 2 atom stereocenters. The summed E-state index contributed by atoms with van der Waals surface area (Å²) in [7, 11) is -4.38. The summed E-state index contributed by atoms with van der Waals surface area (Å²) in [6.07, 6.45) is 72.0. The summed E-state index contributed by atoms with van der Waals surface area (Å²) in [5, 5.41) is 0. The molecule has 0 amide bonds. The van der Waals surface area contributed by atoms with Gasteiger partial charge >= 0.3 is 19.8 Å². The van der Waals surface area contributed by atoms with E-state index in [-0.39, 0.29) is 38.6 Å². The number of hydrogen-bond acceptors (Lipinski definition) is 8. The fourth-order valence-electron chi connectivity index (χ4n) is 7.42. The molecule has 0 aromatic heterocycles. The van der Waals surface area contributed by atoms with E-state index < -0.39 is 26.5 Å². The van der Waals surface area contributed by atoms with Crippen LogP contribution in [0.1, 0.15) is 232 Å². The second-order valence-electron chi connectivity index (χ2n) is 18.1. The first-order chi connectivity index (χ1) is 33.8. The molecule has 69 heavy (non-hydrogen) atoms. The smallest absolute Gasteiger partial charge is 0.462 e. The molecule has 0 aliphatic rings. The molecule has 2 unspecified atom stereocenters. The van der Waals surface area contributed by atoms with Crippen molar-refractivity contribution in [2.24, 2.45) is 5.73 Å². The van der Waals surface area contributed by atoms with Crippen LogP contribution in [0.4, 0.5) is 0 Å². The summed E-state index contributed by atoms with van der Waals surface area (Å²) in [5.74, 6) is -0.831. The van der Waals surface area contributed by atoms with Gasteiger partial charge in [-0.05, 0) is 77.0 Å². The standard InChI is InChI=1S/C59H102NO8P/c1-3-5-7-9-11-13-14-15-16-17-18-19-20-21-22-23-24-25-26-27-28-29-30-31-32-33-34-35-36-37-38-39-40-41-42-44-46-48-50-52-59(62)68-57(56-67-69(63,64)66-54-53-60)55-65-58(61)51-49-47-45-43-12-10-8-6-4-2/h5,7,11,13,15-16,18-19,21-22,24-25,27-28,30-31,57H,3-4,6,8-10,12,14,17,20,23,26,29,32-56,60H2,1-2H3,(H,63,64)/b7-5-,13-11-,16-15-,19-18-,22-21-,25-24-,28-27-,31-30-. The highest BCUT2D eigenvalue weighted by molar-refractivity contribution is 7.47. The number of carbonyl (C=O) groups excluding carboxylic acids is 2. The summed E-state index contributed by atoms with van der Waals surface area (Å²) < 4.78 is 32.8. The van der Waals surface area contributed by atoms with Gasteiger partial charge in [-0.15, -0.1) is 0 Å². The predicted molar refractivity (Wildman–Crippen MR) is 293 cm³/mol. The maximum Gasteiger partial charge on any atom is 0.472 e. The Labute approximate surface area is 423 Å². The van der Waals surface area contributed by atoms with Gasteiger partial charge in [-0.2, -0.15) is 0 Å². The van der Waals surface area contributed by atoms with E-state index in [1.807, 2.05) is 0 Å². The second-order valence-corrected chi connectivity index (χ2v) is 19.5. The number of allylic oxidation sites excluding steroid dienone is 16. The SMILES string of the molecule is CC/C=C\C/C=C\C/C=C\C/C=C\C/C=C\C/C=C\C/C=C\C/C=C\CCCCCCCCCCCCCCCCC(=O)OC(COC(=O)CCCCCCCCCCC)COP(=O)(O)OCCN. The van der Waals surface area contributed by atoms with E-state index in [0.717, 1.165) is 89.9 Å². The Morgan fingerprint density at radius 2 is 0.797 bits per heavy atom. The van der Waals surface area contributed by atoms with E-state index in [1.165, 1.54) is 109 Å². The Morgan fingerprint density at radius 1 is 0.449 bits per heavy atom. The molecule has 396 valence electrons. The fourth-order valence-corrected chi connectivity index (χ4v) is 8.18. The molecule has 0 aromatic rings.